The first kappa shape index (κ1) is 17.3. The second-order valence-corrected chi connectivity index (χ2v) is 7.32. The van der Waals surface area contributed by atoms with Crippen LogP contribution in [-0.4, -0.2) is 20.8 Å². The first-order valence-electron chi connectivity index (χ1n) is 6.64. The maximum atomic E-state index is 11.2. The number of hydrogen-bond donors (Lipinski definition) is 1. The summed E-state index contributed by atoms with van der Waals surface area (Å²) in [5.41, 5.74) is 1.01. The number of primary sulfonamides is 1. The van der Waals surface area contributed by atoms with Gasteiger partial charge in [-0.3, -0.25) is 0 Å². The van der Waals surface area contributed by atoms with Gasteiger partial charge in [0.1, 0.15) is 5.75 Å². The maximum absolute atomic E-state index is 11.2. The van der Waals surface area contributed by atoms with Gasteiger partial charge in [0.2, 0.25) is 10.0 Å². The monoisotopic (exact) mass is 319 g/mol. The van der Waals surface area contributed by atoms with E-state index in [9.17, 15) is 8.42 Å². The van der Waals surface area contributed by atoms with Gasteiger partial charge in [-0.25, -0.2) is 13.6 Å². The molecular formula is C14H22ClNO3S. The van der Waals surface area contributed by atoms with E-state index in [0.29, 0.717) is 17.4 Å². The molecule has 4 nitrogen and oxygen atoms in total. The van der Waals surface area contributed by atoms with Gasteiger partial charge in [0.15, 0.2) is 0 Å². The standard InChI is InChI=1S/C14H22ClNO3S/c1-4-11-7-13(5-6-14(11)15)19-8-12(10(2)3)9-20(16,17)18/h5-7,10,12H,4,8-9H2,1-3H3,(H2,16,17,18). The van der Waals surface area contributed by atoms with Crippen molar-refractivity contribution in [3.8, 4) is 5.75 Å². The molecule has 0 saturated heterocycles. The lowest BCUT2D eigenvalue weighted by atomic mass is 9.99. The summed E-state index contributed by atoms with van der Waals surface area (Å²) in [5.74, 6) is 0.669. The van der Waals surface area contributed by atoms with Crippen molar-refractivity contribution in [2.75, 3.05) is 12.4 Å². The lowest BCUT2D eigenvalue weighted by Crippen LogP contribution is -2.30. The van der Waals surface area contributed by atoms with Crippen molar-refractivity contribution in [1.82, 2.24) is 0 Å². The van der Waals surface area contributed by atoms with Crippen molar-refractivity contribution in [3.63, 3.8) is 0 Å². The Morgan fingerprint density at radius 1 is 1.35 bits per heavy atom. The van der Waals surface area contributed by atoms with Gasteiger partial charge in [0.05, 0.1) is 12.4 Å². The highest BCUT2D eigenvalue weighted by Crippen LogP contribution is 2.23. The molecule has 0 fully saturated rings. The fraction of sp³-hybridized carbons (Fsp3) is 0.571. The van der Waals surface area contributed by atoms with Crippen molar-refractivity contribution >= 4 is 21.6 Å². The predicted molar refractivity (Wildman–Crippen MR) is 82.6 cm³/mol. The van der Waals surface area contributed by atoms with E-state index in [0.717, 1.165) is 12.0 Å². The Morgan fingerprint density at radius 3 is 2.50 bits per heavy atom. The van der Waals surface area contributed by atoms with E-state index in [1.807, 2.05) is 26.8 Å². The minimum atomic E-state index is -3.49. The number of ether oxygens (including phenoxy) is 1. The minimum Gasteiger partial charge on any atom is -0.493 e. The van der Waals surface area contributed by atoms with E-state index >= 15 is 0 Å². The molecule has 1 aromatic rings. The van der Waals surface area contributed by atoms with Crippen LogP contribution in [0.5, 0.6) is 5.75 Å². The molecule has 0 aromatic heterocycles. The number of rotatable bonds is 7. The summed E-state index contributed by atoms with van der Waals surface area (Å²) >= 11 is 6.05. The summed E-state index contributed by atoms with van der Waals surface area (Å²) in [5, 5.41) is 5.82. The highest BCUT2D eigenvalue weighted by molar-refractivity contribution is 7.89. The molecule has 1 atom stereocenters. The lowest BCUT2D eigenvalue weighted by Gasteiger charge is -2.20. The normalized spacial score (nSPS) is 13.5. The molecule has 0 aliphatic heterocycles. The van der Waals surface area contributed by atoms with Crippen molar-refractivity contribution in [2.24, 2.45) is 17.0 Å². The zero-order valence-electron chi connectivity index (χ0n) is 12.1. The first-order chi connectivity index (χ1) is 9.23. The molecule has 6 heteroatoms. The van der Waals surface area contributed by atoms with E-state index in [1.165, 1.54) is 0 Å². The molecule has 1 rings (SSSR count). The summed E-state index contributed by atoms with van der Waals surface area (Å²) in [6.45, 7) is 6.25. The number of benzene rings is 1. The molecule has 0 bridgehead atoms. The molecule has 114 valence electrons. The van der Waals surface area contributed by atoms with Gasteiger partial charge in [0, 0.05) is 10.9 Å². The minimum absolute atomic E-state index is 0.0705. The van der Waals surface area contributed by atoms with Gasteiger partial charge in [0.25, 0.3) is 0 Å². The molecule has 0 saturated carbocycles. The van der Waals surface area contributed by atoms with Crippen molar-refractivity contribution in [3.05, 3.63) is 28.8 Å². The predicted octanol–water partition coefficient (Wildman–Crippen LogP) is 2.84. The van der Waals surface area contributed by atoms with Crippen LogP contribution in [0.15, 0.2) is 18.2 Å². The zero-order chi connectivity index (χ0) is 15.3. The summed E-state index contributed by atoms with van der Waals surface area (Å²) < 4.78 is 28.1. The summed E-state index contributed by atoms with van der Waals surface area (Å²) in [4.78, 5) is 0. The van der Waals surface area contributed by atoms with Crippen LogP contribution in [0, 0.1) is 11.8 Å². The number of nitrogens with two attached hydrogens (primary N) is 1. The van der Waals surface area contributed by atoms with E-state index in [-0.39, 0.29) is 17.6 Å². The van der Waals surface area contributed by atoms with Crippen LogP contribution in [0.2, 0.25) is 5.02 Å². The number of hydrogen-bond acceptors (Lipinski definition) is 3. The van der Waals surface area contributed by atoms with Crippen LogP contribution in [0.25, 0.3) is 0 Å². The molecule has 2 N–H and O–H groups in total. The van der Waals surface area contributed by atoms with Gasteiger partial charge in [-0.15, -0.1) is 0 Å². The number of aryl methyl sites for hydroxylation is 1. The zero-order valence-corrected chi connectivity index (χ0v) is 13.7. The average Bonchev–Trinajstić information content (AvgIpc) is 2.34. The molecule has 0 spiro atoms. The third kappa shape index (κ3) is 5.69. The Balaban J connectivity index is 2.72. The number of halogens is 1. The Labute approximate surface area is 126 Å². The number of sulfonamides is 1. The molecule has 0 aliphatic rings. The van der Waals surface area contributed by atoms with Crippen LogP contribution >= 0.6 is 11.6 Å². The second-order valence-electron chi connectivity index (χ2n) is 5.25. The van der Waals surface area contributed by atoms with E-state index in [1.54, 1.807) is 12.1 Å². The highest BCUT2D eigenvalue weighted by Gasteiger charge is 2.20. The Kier molecular flexibility index (Phi) is 6.30. The van der Waals surface area contributed by atoms with Crippen LogP contribution in [0.1, 0.15) is 26.3 Å². The molecule has 0 heterocycles. The van der Waals surface area contributed by atoms with Crippen molar-refractivity contribution in [1.29, 1.82) is 0 Å². The summed E-state index contributed by atoms with van der Waals surface area (Å²) in [6, 6.07) is 5.46. The summed E-state index contributed by atoms with van der Waals surface area (Å²) in [6.07, 6.45) is 0.820. The fourth-order valence-electron chi connectivity index (χ4n) is 1.85. The molecule has 0 aliphatic carbocycles. The Hall–Kier alpha value is -0.780. The smallest absolute Gasteiger partial charge is 0.209 e. The van der Waals surface area contributed by atoms with Gasteiger partial charge in [-0.2, -0.15) is 0 Å². The largest absolute Gasteiger partial charge is 0.493 e. The van der Waals surface area contributed by atoms with Crippen LogP contribution in [0.4, 0.5) is 0 Å². The van der Waals surface area contributed by atoms with Crippen LogP contribution < -0.4 is 9.88 Å². The van der Waals surface area contributed by atoms with E-state index in [2.05, 4.69) is 0 Å². The fourth-order valence-corrected chi connectivity index (χ4v) is 3.18. The Bertz CT molecular complexity index is 543. The van der Waals surface area contributed by atoms with Gasteiger partial charge in [-0.1, -0.05) is 32.4 Å². The second kappa shape index (κ2) is 7.29. The van der Waals surface area contributed by atoms with Gasteiger partial charge in [-0.05, 0) is 36.1 Å². The van der Waals surface area contributed by atoms with Crippen LogP contribution in [-0.2, 0) is 16.4 Å². The molecular weight excluding hydrogens is 298 g/mol. The lowest BCUT2D eigenvalue weighted by molar-refractivity contribution is 0.224. The molecule has 0 amide bonds. The molecule has 1 unspecified atom stereocenters. The van der Waals surface area contributed by atoms with Crippen molar-refractivity contribution in [2.45, 2.75) is 27.2 Å². The van der Waals surface area contributed by atoms with Crippen molar-refractivity contribution < 1.29 is 13.2 Å². The molecule has 0 radical (unpaired) electrons. The SMILES string of the molecule is CCc1cc(OCC(CS(N)(=O)=O)C(C)C)ccc1Cl. The highest BCUT2D eigenvalue weighted by atomic mass is 35.5. The molecule has 1 aromatic carbocycles. The average molecular weight is 320 g/mol. The maximum Gasteiger partial charge on any atom is 0.209 e. The topological polar surface area (TPSA) is 69.4 Å². The first-order valence-corrected chi connectivity index (χ1v) is 8.74. The van der Waals surface area contributed by atoms with Gasteiger partial charge >= 0.3 is 0 Å². The summed E-state index contributed by atoms with van der Waals surface area (Å²) in [7, 11) is -3.49. The third-order valence-electron chi connectivity index (χ3n) is 3.25. The molecule has 20 heavy (non-hydrogen) atoms. The van der Waals surface area contributed by atoms with Crippen LogP contribution in [0.3, 0.4) is 0 Å². The third-order valence-corrected chi connectivity index (χ3v) is 4.51. The van der Waals surface area contributed by atoms with E-state index in [4.69, 9.17) is 21.5 Å². The quantitative estimate of drug-likeness (QED) is 0.840. The van der Waals surface area contributed by atoms with Gasteiger partial charge < -0.3 is 4.74 Å². The Morgan fingerprint density at radius 2 is 2.00 bits per heavy atom. The van der Waals surface area contributed by atoms with E-state index < -0.39 is 10.0 Å².